The molecule has 0 amide bonds. The predicted octanol–water partition coefficient (Wildman–Crippen LogP) is 3.56. The highest BCUT2D eigenvalue weighted by atomic mass is 16.5. The summed E-state index contributed by atoms with van der Waals surface area (Å²) in [5, 5.41) is 0. The molecule has 1 heterocycles. The molecule has 0 saturated heterocycles. The molecule has 2 aromatic rings. The second kappa shape index (κ2) is 5.70. The quantitative estimate of drug-likeness (QED) is 0.848. The third-order valence-electron chi connectivity index (χ3n) is 3.34. The van der Waals surface area contributed by atoms with E-state index in [1.54, 1.807) is 13.4 Å². The number of para-hydroxylation sites is 1. The number of methoxy groups -OCH3 is 1. The zero-order valence-electron chi connectivity index (χ0n) is 11.5. The van der Waals surface area contributed by atoms with Gasteiger partial charge in [0.15, 0.2) is 11.5 Å². The number of ether oxygens (including phenoxy) is 2. The molecule has 3 heteroatoms. The largest absolute Gasteiger partial charge is 0.493 e. The van der Waals surface area contributed by atoms with Crippen LogP contribution in [-0.4, -0.2) is 12.0 Å². The standard InChI is InChI=1S/C17H17NO2/c1-19-16-9-5-8-15-13-18(10-11-20-17(15)16)12-14-6-3-2-4-7-14/h2-11H,12-13H2,1H3. The molecule has 0 aromatic heterocycles. The van der Waals surface area contributed by atoms with Gasteiger partial charge < -0.3 is 14.4 Å². The van der Waals surface area contributed by atoms with Gasteiger partial charge in [-0.05, 0) is 11.6 Å². The van der Waals surface area contributed by atoms with Crippen LogP contribution in [0.5, 0.6) is 11.5 Å². The second-order valence-corrected chi connectivity index (χ2v) is 4.74. The van der Waals surface area contributed by atoms with E-state index in [4.69, 9.17) is 9.47 Å². The van der Waals surface area contributed by atoms with Crippen LogP contribution in [0.3, 0.4) is 0 Å². The Hall–Kier alpha value is -2.42. The van der Waals surface area contributed by atoms with Crippen molar-refractivity contribution in [2.24, 2.45) is 0 Å². The summed E-state index contributed by atoms with van der Waals surface area (Å²) in [4.78, 5) is 2.22. The molecule has 0 atom stereocenters. The van der Waals surface area contributed by atoms with E-state index in [9.17, 15) is 0 Å². The molecule has 2 aromatic carbocycles. The van der Waals surface area contributed by atoms with E-state index >= 15 is 0 Å². The van der Waals surface area contributed by atoms with Crippen molar-refractivity contribution in [3.8, 4) is 11.5 Å². The van der Waals surface area contributed by atoms with Crippen molar-refractivity contribution in [3.05, 3.63) is 72.1 Å². The van der Waals surface area contributed by atoms with Crippen LogP contribution < -0.4 is 9.47 Å². The number of rotatable bonds is 3. The van der Waals surface area contributed by atoms with Gasteiger partial charge in [0, 0.05) is 24.9 Å². The van der Waals surface area contributed by atoms with Gasteiger partial charge in [-0.15, -0.1) is 0 Å². The highest BCUT2D eigenvalue weighted by Crippen LogP contribution is 2.33. The van der Waals surface area contributed by atoms with Crippen molar-refractivity contribution in [1.29, 1.82) is 0 Å². The highest BCUT2D eigenvalue weighted by molar-refractivity contribution is 5.47. The van der Waals surface area contributed by atoms with Gasteiger partial charge in [0.05, 0.1) is 7.11 Å². The summed E-state index contributed by atoms with van der Waals surface area (Å²) in [6.45, 7) is 1.66. The van der Waals surface area contributed by atoms with E-state index in [0.29, 0.717) is 0 Å². The smallest absolute Gasteiger partial charge is 0.173 e. The number of benzene rings is 2. The lowest BCUT2D eigenvalue weighted by atomic mass is 10.1. The summed E-state index contributed by atoms with van der Waals surface area (Å²) in [7, 11) is 1.66. The van der Waals surface area contributed by atoms with Crippen molar-refractivity contribution < 1.29 is 9.47 Å². The minimum atomic E-state index is 0.772. The first kappa shape index (κ1) is 12.6. The Kier molecular flexibility index (Phi) is 3.59. The molecule has 0 spiro atoms. The fourth-order valence-electron chi connectivity index (χ4n) is 2.36. The van der Waals surface area contributed by atoms with Crippen molar-refractivity contribution in [2.45, 2.75) is 13.1 Å². The van der Waals surface area contributed by atoms with Crippen molar-refractivity contribution in [2.75, 3.05) is 7.11 Å². The number of nitrogens with zero attached hydrogens (tertiary/aromatic N) is 1. The van der Waals surface area contributed by atoms with Gasteiger partial charge in [0.1, 0.15) is 6.26 Å². The van der Waals surface area contributed by atoms with Crippen LogP contribution in [0.4, 0.5) is 0 Å². The molecule has 1 aliphatic heterocycles. The Labute approximate surface area is 119 Å². The Bertz CT molecular complexity index is 608. The molecule has 3 rings (SSSR count). The van der Waals surface area contributed by atoms with Crippen LogP contribution in [0.1, 0.15) is 11.1 Å². The van der Waals surface area contributed by atoms with Gasteiger partial charge in [-0.1, -0.05) is 42.5 Å². The summed E-state index contributed by atoms with van der Waals surface area (Å²) < 4.78 is 11.0. The van der Waals surface area contributed by atoms with Crippen molar-refractivity contribution >= 4 is 0 Å². The lowest BCUT2D eigenvalue weighted by Crippen LogP contribution is -2.15. The molecule has 0 N–H and O–H groups in total. The maximum atomic E-state index is 5.69. The van der Waals surface area contributed by atoms with E-state index in [1.807, 2.05) is 24.4 Å². The van der Waals surface area contributed by atoms with Gasteiger partial charge in [-0.25, -0.2) is 0 Å². The third kappa shape index (κ3) is 2.62. The molecule has 0 radical (unpaired) electrons. The molecule has 0 fully saturated rings. The first-order valence-electron chi connectivity index (χ1n) is 6.64. The Balaban J connectivity index is 1.83. The SMILES string of the molecule is COc1cccc2c1OC=CN(Cc1ccccc1)C2. The molecule has 0 unspecified atom stereocenters. The number of hydrogen-bond acceptors (Lipinski definition) is 3. The Morgan fingerprint density at radius 3 is 2.75 bits per heavy atom. The normalized spacial score (nSPS) is 13.3. The van der Waals surface area contributed by atoms with Gasteiger partial charge in [0.25, 0.3) is 0 Å². The summed E-state index contributed by atoms with van der Waals surface area (Å²) in [5.74, 6) is 1.58. The molecule has 3 nitrogen and oxygen atoms in total. The van der Waals surface area contributed by atoms with E-state index < -0.39 is 0 Å². The Morgan fingerprint density at radius 1 is 1.10 bits per heavy atom. The number of fused-ring (bicyclic) bond motifs is 1. The third-order valence-corrected chi connectivity index (χ3v) is 3.34. The van der Waals surface area contributed by atoms with Crippen LogP contribution in [-0.2, 0) is 13.1 Å². The molecule has 0 bridgehead atoms. The van der Waals surface area contributed by atoms with Gasteiger partial charge in [-0.2, -0.15) is 0 Å². The van der Waals surface area contributed by atoms with Crippen LogP contribution in [0.15, 0.2) is 61.0 Å². The molecule has 0 saturated carbocycles. The number of hydrogen-bond donors (Lipinski definition) is 0. The lowest BCUT2D eigenvalue weighted by molar-refractivity contribution is 0.362. The maximum absolute atomic E-state index is 5.69. The van der Waals surface area contributed by atoms with E-state index in [0.717, 1.165) is 30.2 Å². The first-order valence-corrected chi connectivity index (χ1v) is 6.64. The van der Waals surface area contributed by atoms with Crippen molar-refractivity contribution in [3.63, 3.8) is 0 Å². The fourth-order valence-corrected chi connectivity index (χ4v) is 2.36. The molecule has 102 valence electrons. The second-order valence-electron chi connectivity index (χ2n) is 4.74. The topological polar surface area (TPSA) is 21.7 Å². The van der Waals surface area contributed by atoms with Gasteiger partial charge in [-0.3, -0.25) is 0 Å². The molecular weight excluding hydrogens is 250 g/mol. The summed E-state index contributed by atoms with van der Waals surface area (Å²) >= 11 is 0. The van der Waals surface area contributed by atoms with Gasteiger partial charge in [0.2, 0.25) is 0 Å². The zero-order chi connectivity index (χ0) is 13.8. The maximum Gasteiger partial charge on any atom is 0.173 e. The van der Waals surface area contributed by atoms with Crippen LogP contribution in [0, 0.1) is 0 Å². The molecule has 1 aliphatic rings. The van der Waals surface area contributed by atoms with Crippen molar-refractivity contribution in [1.82, 2.24) is 4.90 Å². The van der Waals surface area contributed by atoms with Crippen LogP contribution in [0.2, 0.25) is 0 Å². The molecule has 0 aliphatic carbocycles. The average Bonchev–Trinajstić information content (AvgIpc) is 2.69. The Morgan fingerprint density at radius 2 is 1.95 bits per heavy atom. The zero-order valence-corrected chi connectivity index (χ0v) is 11.5. The molecule has 20 heavy (non-hydrogen) atoms. The first-order chi connectivity index (χ1) is 9.86. The summed E-state index contributed by atoms with van der Waals surface area (Å²) in [5.41, 5.74) is 2.41. The minimum absolute atomic E-state index is 0.772. The average molecular weight is 267 g/mol. The summed E-state index contributed by atoms with van der Waals surface area (Å²) in [6.07, 6.45) is 3.70. The van der Waals surface area contributed by atoms with Crippen LogP contribution in [0.25, 0.3) is 0 Å². The predicted molar refractivity (Wildman–Crippen MR) is 78.5 cm³/mol. The van der Waals surface area contributed by atoms with Gasteiger partial charge >= 0.3 is 0 Å². The monoisotopic (exact) mass is 267 g/mol. The highest BCUT2D eigenvalue weighted by Gasteiger charge is 2.15. The molecular formula is C17H17NO2. The van der Waals surface area contributed by atoms with Crippen LogP contribution >= 0.6 is 0 Å². The minimum Gasteiger partial charge on any atom is -0.493 e. The van der Waals surface area contributed by atoms with E-state index in [2.05, 4.69) is 35.2 Å². The fraction of sp³-hybridized carbons (Fsp3) is 0.176. The van der Waals surface area contributed by atoms with E-state index in [1.165, 1.54) is 5.56 Å². The lowest BCUT2D eigenvalue weighted by Gasteiger charge is -2.19. The van der Waals surface area contributed by atoms with E-state index in [-0.39, 0.29) is 0 Å². The summed E-state index contributed by atoms with van der Waals surface area (Å²) in [6, 6.07) is 16.4.